The second-order valence-electron chi connectivity index (χ2n) is 3.52. The highest BCUT2D eigenvalue weighted by atomic mass is 79.9. The van der Waals surface area contributed by atoms with Gasteiger partial charge in [0.15, 0.2) is 0 Å². The fourth-order valence-corrected chi connectivity index (χ4v) is 2.29. The van der Waals surface area contributed by atoms with Gasteiger partial charge in [-0.2, -0.15) is 0 Å². The summed E-state index contributed by atoms with van der Waals surface area (Å²) in [5.74, 6) is 0. The average molecular weight is 253 g/mol. The molecule has 0 spiro atoms. The highest BCUT2D eigenvalue weighted by Gasteiger charge is 2.04. The second kappa shape index (κ2) is 3.75. The molecule has 0 atom stereocenters. The number of benzene rings is 1. The zero-order chi connectivity index (χ0) is 10.1. The Balaban J connectivity index is 2.66. The molecule has 0 unspecified atom stereocenters. The number of halogens is 1. The fraction of sp³-hybridized carbons (Fsp3) is 0.273. The lowest BCUT2D eigenvalue weighted by molar-refractivity contribution is 0.973. The molecule has 0 fully saturated rings. The molecule has 1 heterocycles. The molecule has 0 aliphatic carbocycles. The molecule has 2 aromatic rings. The Morgan fingerprint density at radius 2 is 2.14 bits per heavy atom. The van der Waals surface area contributed by atoms with Crippen LogP contribution < -0.4 is 5.73 Å². The van der Waals surface area contributed by atoms with E-state index >= 15 is 0 Å². The predicted molar refractivity (Wildman–Crippen MR) is 63.5 cm³/mol. The Morgan fingerprint density at radius 1 is 1.36 bits per heavy atom. The van der Waals surface area contributed by atoms with Gasteiger partial charge in [0, 0.05) is 21.1 Å². The summed E-state index contributed by atoms with van der Waals surface area (Å²) in [5, 5.41) is 1.25. The maximum Gasteiger partial charge on any atom is 0.0489 e. The Labute approximate surface area is 91.6 Å². The molecule has 1 aromatic carbocycles. The number of aromatic amines is 1. The maximum atomic E-state index is 5.58. The molecule has 0 aliphatic heterocycles. The molecule has 14 heavy (non-hydrogen) atoms. The van der Waals surface area contributed by atoms with E-state index in [0.717, 1.165) is 10.9 Å². The van der Waals surface area contributed by atoms with Crippen LogP contribution in [-0.4, -0.2) is 11.5 Å². The van der Waals surface area contributed by atoms with Crippen LogP contribution in [0.15, 0.2) is 22.7 Å². The van der Waals surface area contributed by atoms with Crippen molar-refractivity contribution < 1.29 is 0 Å². The smallest absolute Gasteiger partial charge is 0.0489 e. The number of hydrogen-bond acceptors (Lipinski definition) is 1. The molecule has 0 aliphatic rings. The van der Waals surface area contributed by atoms with Gasteiger partial charge in [-0.05, 0) is 43.7 Å². The summed E-state index contributed by atoms with van der Waals surface area (Å²) >= 11 is 3.51. The SMILES string of the molecule is Cc1cc2cc(Br)cc(CCN)c2[nH]1. The summed E-state index contributed by atoms with van der Waals surface area (Å²) < 4.78 is 1.12. The van der Waals surface area contributed by atoms with E-state index < -0.39 is 0 Å². The summed E-state index contributed by atoms with van der Waals surface area (Å²) in [4.78, 5) is 3.36. The van der Waals surface area contributed by atoms with Crippen LogP contribution in [0.5, 0.6) is 0 Å². The third-order valence-electron chi connectivity index (χ3n) is 2.32. The van der Waals surface area contributed by atoms with Crippen molar-refractivity contribution >= 4 is 26.8 Å². The van der Waals surface area contributed by atoms with E-state index in [2.05, 4.69) is 46.0 Å². The highest BCUT2D eigenvalue weighted by molar-refractivity contribution is 9.10. The van der Waals surface area contributed by atoms with Gasteiger partial charge in [-0.1, -0.05) is 15.9 Å². The normalized spacial score (nSPS) is 11.1. The molecule has 74 valence electrons. The highest BCUT2D eigenvalue weighted by Crippen LogP contribution is 2.24. The molecular formula is C11H13BrN2. The Hall–Kier alpha value is -0.800. The number of fused-ring (bicyclic) bond motifs is 1. The van der Waals surface area contributed by atoms with Gasteiger partial charge in [-0.15, -0.1) is 0 Å². The molecule has 0 saturated heterocycles. The molecule has 3 heteroatoms. The van der Waals surface area contributed by atoms with Crippen molar-refractivity contribution in [3.8, 4) is 0 Å². The van der Waals surface area contributed by atoms with Gasteiger partial charge in [0.25, 0.3) is 0 Å². The molecule has 1 aromatic heterocycles. The summed E-state index contributed by atoms with van der Waals surface area (Å²) in [7, 11) is 0. The van der Waals surface area contributed by atoms with Gasteiger partial charge in [0.1, 0.15) is 0 Å². The first kappa shape index (κ1) is 9.74. The number of nitrogens with one attached hydrogen (secondary N) is 1. The lowest BCUT2D eigenvalue weighted by Gasteiger charge is -2.02. The van der Waals surface area contributed by atoms with Gasteiger partial charge in [0.05, 0.1) is 0 Å². The lowest BCUT2D eigenvalue weighted by atomic mass is 10.1. The topological polar surface area (TPSA) is 41.8 Å². The summed E-state index contributed by atoms with van der Waals surface area (Å²) in [6.07, 6.45) is 0.913. The summed E-state index contributed by atoms with van der Waals surface area (Å²) in [5.41, 5.74) is 9.27. The third-order valence-corrected chi connectivity index (χ3v) is 2.78. The van der Waals surface area contributed by atoms with E-state index in [1.165, 1.54) is 22.2 Å². The van der Waals surface area contributed by atoms with Crippen LogP contribution in [0.2, 0.25) is 0 Å². The number of H-pyrrole nitrogens is 1. The van der Waals surface area contributed by atoms with Crippen molar-refractivity contribution in [1.82, 2.24) is 4.98 Å². The van der Waals surface area contributed by atoms with Crippen molar-refractivity contribution in [3.05, 3.63) is 33.9 Å². The van der Waals surface area contributed by atoms with Gasteiger partial charge in [-0.25, -0.2) is 0 Å². The molecular weight excluding hydrogens is 240 g/mol. The summed E-state index contributed by atoms with van der Waals surface area (Å²) in [6.45, 7) is 2.75. The summed E-state index contributed by atoms with van der Waals surface area (Å²) in [6, 6.07) is 6.41. The first-order chi connectivity index (χ1) is 6.70. The third kappa shape index (κ3) is 1.70. The van der Waals surface area contributed by atoms with Crippen molar-refractivity contribution in [2.45, 2.75) is 13.3 Å². The van der Waals surface area contributed by atoms with Crippen LogP contribution in [0.1, 0.15) is 11.3 Å². The monoisotopic (exact) mass is 252 g/mol. The first-order valence-corrected chi connectivity index (χ1v) is 5.48. The molecule has 2 rings (SSSR count). The number of nitrogens with two attached hydrogens (primary N) is 1. The van der Waals surface area contributed by atoms with E-state index in [1.54, 1.807) is 0 Å². The van der Waals surface area contributed by atoms with Crippen LogP contribution in [0.4, 0.5) is 0 Å². The Kier molecular flexibility index (Phi) is 2.61. The van der Waals surface area contributed by atoms with Crippen molar-refractivity contribution in [2.75, 3.05) is 6.54 Å². The number of hydrogen-bond donors (Lipinski definition) is 2. The van der Waals surface area contributed by atoms with E-state index in [4.69, 9.17) is 5.73 Å². The zero-order valence-electron chi connectivity index (χ0n) is 8.10. The second-order valence-corrected chi connectivity index (χ2v) is 4.44. The molecule has 3 N–H and O–H groups in total. The van der Waals surface area contributed by atoms with Crippen LogP contribution in [0, 0.1) is 6.92 Å². The van der Waals surface area contributed by atoms with E-state index in [0.29, 0.717) is 6.54 Å². The predicted octanol–water partition coefficient (Wildman–Crippen LogP) is 2.74. The minimum absolute atomic E-state index is 0.684. The Bertz CT molecular complexity index is 460. The molecule has 2 nitrogen and oxygen atoms in total. The number of aromatic nitrogens is 1. The van der Waals surface area contributed by atoms with Gasteiger partial charge in [0.2, 0.25) is 0 Å². The quantitative estimate of drug-likeness (QED) is 0.848. The Morgan fingerprint density at radius 3 is 2.86 bits per heavy atom. The average Bonchev–Trinajstić information content (AvgIpc) is 2.45. The van der Waals surface area contributed by atoms with Crippen molar-refractivity contribution in [2.24, 2.45) is 5.73 Å². The van der Waals surface area contributed by atoms with Crippen LogP contribution >= 0.6 is 15.9 Å². The van der Waals surface area contributed by atoms with Crippen LogP contribution in [-0.2, 0) is 6.42 Å². The van der Waals surface area contributed by atoms with E-state index in [-0.39, 0.29) is 0 Å². The minimum atomic E-state index is 0.684. The maximum absolute atomic E-state index is 5.58. The largest absolute Gasteiger partial charge is 0.358 e. The van der Waals surface area contributed by atoms with Crippen molar-refractivity contribution in [3.63, 3.8) is 0 Å². The molecule has 0 amide bonds. The van der Waals surface area contributed by atoms with Gasteiger partial charge >= 0.3 is 0 Å². The first-order valence-electron chi connectivity index (χ1n) is 4.68. The molecule has 0 bridgehead atoms. The van der Waals surface area contributed by atoms with Gasteiger partial charge in [-0.3, -0.25) is 0 Å². The van der Waals surface area contributed by atoms with Crippen molar-refractivity contribution in [1.29, 1.82) is 0 Å². The van der Waals surface area contributed by atoms with E-state index in [1.807, 2.05) is 0 Å². The fourth-order valence-electron chi connectivity index (χ4n) is 1.77. The zero-order valence-corrected chi connectivity index (χ0v) is 9.69. The lowest BCUT2D eigenvalue weighted by Crippen LogP contribution is -2.03. The molecule has 0 saturated carbocycles. The standard InChI is InChI=1S/C11H13BrN2/c1-7-4-9-6-10(12)5-8(2-3-13)11(9)14-7/h4-6,14H,2-3,13H2,1H3. The molecule has 0 radical (unpaired) electrons. The van der Waals surface area contributed by atoms with Crippen LogP contribution in [0.25, 0.3) is 10.9 Å². The number of aryl methyl sites for hydroxylation is 1. The van der Waals surface area contributed by atoms with Gasteiger partial charge < -0.3 is 10.7 Å². The number of rotatable bonds is 2. The minimum Gasteiger partial charge on any atom is -0.358 e. The van der Waals surface area contributed by atoms with E-state index in [9.17, 15) is 0 Å². The van der Waals surface area contributed by atoms with Crippen LogP contribution in [0.3, 0.4) is 0 Å².